The number of benzene rings is 2. The molecule has 1 fully saturated rings. The van der Waals surface area contributed by atoms with Crippen LogP contribution in [0.4, 0.5) is 0 Å². The van der Waals surface area contributed by atoms with Gasteiger partial charge in [-0.05, 0) is 91.5 Å². The van der Waals surface area contributed by atoms with Crippen LogP contribution in [0.5, 0.6) is 0 Å². The molecule has 0 aromatic heterocycles. The molecule has 1 aliphatic rings. The Morgan fingerprint density at radius 1 is 0.750 bits per heavy atom. The molecule has 0 saturated heterocycles. The fourth-order valence-corrected chi connectivity index (χ4v) is 5.56. The monoisotopic (exact) mass is 429 g/mol. The predicted octanol–water partition coefficient (Wildman–Crippen LogP) is 8.93. The lowest BCUT2D eigenvalue weighted by Crippen LogP contribution is -2.16. The summed E-state index contributed by atoms with van der Waals surface area (Å²) >= 11 is 0. The highest BCUT2D eigenvalue weighted by Crippen LogP contribution is 2.40. The molecule has 1 heteroatoms. The van der Waals surface area contributed by atoms with E-state index in [1.807, 2.05) is 6.07 Å². The summed E-state index contributed by atoms with van der Waals surface area (Å²) in [5.74, 6) is 1.48. The first-order chi connectivity index (χ1) is 15.7. The van der Waals surface area contributed by atoms with Crippen molar-refractivity contribution in [3.05, 3.63) is 70.3 Å². The van der Waals surface area contributed by atoms with E-state index in [9.17, 15) is 5.26 Å². The number of unbranched alkanes of at least 4 members (excludes halogenated alkanes) is 4. The highest BCUT2D eigenvalue weighted by molar-refractivity contribution is 5.45. The summed E-state index contributed by atoms with van der Waals surface area (Å²) in [5.41, 5.74) is 6.58. The predicted molar refractivity (Wildman–Crippen MR) is 137 cm³/mol. The van der Waals surface area contributed by atoms with Crippen molar-refractivity contribution in [3.8, 4) is 6.07 Å². The molecule has 3 rings (SSSR count). The molecule has 0 heterocycles. The van der Waals surface area contributed by atoms with Crippen molar-refractivity contribution < 1.29 is 0 Å². The minimum absolute atomic E-state index is 0.573. The summed E-state index contributed by atoms with van der Waals surface area (Å²) in [5, 5.41) is 9.82. The van der Waals surface area contributed by atoms with E-state index in [2.05, 4.69) is 56.3 Å². The average molecular weight is 430 g/mol. The average Bonchev–Trinajstić information content (AvgIpc) is 2.84. The van der Waals surface area contributed by atoms with Gasteiger partial charge in [0.15, 0.2) is 0 Å². The van der Waals surface area contributed by atoms with Crippen molar-refractivity contribution >= 4 is 0 Å². The lowest BCUT2D eigenvalue weighted by molar-refractivity contribution is 0.302. The van der Waals surface area contributed by atoms with Crippen LogP contribution >= 0.6 is 0 Å². The number of hydrogen-bond acceptors (Lipinski definition) is 1. The summed E-state index contributed by atoms with van der Waals surface area (Å²) in [6.07, 6.45) is 17.9. The van der Waals surface area contributed by atoms with Crippen LogP contribution in [0.2, 0.25) is 0 Å². The van der Waals surface area contributed by atoms with Crippen molar-refractivity contribution in [3.63, 3.8) is 0 Å². The van der Waals surface area contributed by atoms with Crippen LogP contribution < -0.4 is 0 Å². The Hall–Kier alpha value is -2.07. The Bertz CT molecular complexity index is 834. The van der Waals surface area contributed by atoms with Gasteiger partial charge < -0.3 is 0 Å². The van der Waals surface area contributed by atoms with Gasteiger partial charge in [0.25, 0.3) is 0 Å². The molecule has 0 N–H and O–H groups in total. The van der Waals surface area contributed by atoms with E-state index >= 15 is 0 Å². The first kappa shape index (κ1) is 24.6. The Morgan fingerprint density at radius 3 is 2.06 bits per heavy atom. The van der Waals surface area contributed by atoms with Crippen molar-refractivity contribution in [2.24, 2.45) is 5.92 Å². The molecule has 0 bridgehead atoms. The van der Waals surface area contributed by atoms with Crippen LogP contribution in [0.1, 0.15) is 118 Å². The van der Waals surface area contributed by atoms with Crippen LogP contribution in [-0.2, 0) is 19.3 Å². The van der Waals surface area contributed by atoms with Crippen molar-refractivity contribution in [2.75, 3.05) is 0 Å². The number of aryl methyl sites for hydroxylation is 3. The molecule has 1 saturated carbocycles. The maximum Gasteiger partial charge on any atom is 0.0994 e. The summed E-state index contributed by atoms with van der Waals surface area (Å²) in [4.78, 5) is 0. The van der Waals surface area contributed by atoms with Crippen molar-refractivity contribution in [1.82, 2.24) is 0 Å². The quantitative estimate of drug-likeness (QED) is 0.309. The van der Waals surface area contributed by atoms with E-state index < -0.39 is 0 Å². The SMILES string of the molecule is CCCCCc1ccc(CCc2cccc(C#N)c2C2CCC(CCCCC)CC2)cc1. The summed E-state index contributed by atoms with van der Waals surface area (Å²) in [6, 6.07) is 18.2. The molecular formula is C31H43N. The molecule has 32 heavy (non-hydrogen) atoms. The number of hydrogen-bond donors (Lipinski definition) is 0. The Balaban J connectivity index is 1.61. The molecule has 2 aromatic carbocycles. The standard InChI is InChI=1S/C31H43N/c1-3-5-7-10-25-14-16-27(17-15-25)20-21-28-12-9-13-30(24-32)31(28)29-22-18-26(19-23-29)11-8-6-4-2/h9,12-17,26,29H,3-8,10-11,18-23H2,1-2H3. The summed E-state index contributed by atoms with van der Waals surface area (Å²) in [6.45, 7) is 4.55. The van der Waals surface area contributed by atoms with Gasteiger partial charge in [-0.2, -0.15) is 5.26 Å². The lowest BCUT2D eigenvalue weighted by Gasteiger charge is -2.30. The second kappa shape index (κ2) is 13.5. The molecule has 0 radical (unpaired) electrons. The van der Waals surface area contributed by atoms with Crippen LogP contribution in [0.25, 0.3) is 0 Å². The van der Waals surface area contributed by atoms with Gasteiger partial charge in [0, 0.05) is 0 Å². The minimum atomic E-state index is 0.573. The topological polar surface area (TPSA) is 23.8 Å². The van der Waals surface area contributed by atoms with E-state index in [4.69, 9.17) is 0 Å². The smallest absolute Gasteiger partial charge is 0.0994 e. The number of nitriles is 1. The van der Waals surface area contributed by atoms with Crippen molar-refractivity contribution in [1.29, 1.82) is 5.26 Å². The van der Waals surface area contributed by atoms with Crippen LogP contribution in [0.15, 0.2) is 42.5 Å². The van der Waals surface area contributed by atoms with Gasteiger partial charge in [0.2, 0.25) is 0 Å². The number of nitrogens with zero attached hydrogens (tertiary/aromatic N) is 1. The Labute approximate surface area is 197 Å². The molecule has 1 nitrogen and oxygen atoms in total. The third-order valence-electron chi connectivity index (χ3n) is 7.56. The molecule has 0 spiro atoms. The molecule has 0 unspecified atom stereocenters. The van der Waals surface area contributed by atoms with Gasteiger partial charge in [0.05, 0.1) is 11.6 Å². The van der Waals surface area contributed by atoms with Crippen LogP contribution in [-0.4, -0.2) is 0 Å². The fraction of sp³-hybridized carbons (Fsp3) is 0.581. The van der Waals surface area contributed by atoms with E-state index in [-0.39, 0.29) is 0 Å². The van der Waals surface area contributed by atoms with E-state index in [1.54, 1.807) is 0 Å². The van der Waals surface area contributed by atoms with E-state index in [0.717, 1.165) is 24.3 Å². The third-order valence-corrected chi connectivity index (χ3v) is 7.56. The molecule has 0 aliphatic heterocycles. The maximum atomic E-state index is 9.82. The van der Waals surface area contributed by atoms with Crippen LogP contribution in [0.3, 0.4) is 0 Å². The number of rotatable bonds is 12. The van der Waals surface area contributed by atoms with Gasteiger partial charge in [-0.1, -0.05) is 88.8 Å². The zero-order valence-corrected chi connectivity index (χ0v) is 20.5. The molecule has 2 aromatic rings. The van der Waals surface area contributed by atoms with Gasteiger partial charge in [0.1, 0.15) is 0 Å². The Kier molecular flexibility index (Phi) is 10.3. The normalized spacial score (nSPS) is 18.4. The largest absolute Gasteiger partial charge is 0.192 e. The van der Waals surface area contributed by atoms with Gasteiger partial charge in [-0.25, -0.2) is 0 Å². The summed E-state index contributed by atoms with van der Waals surface area (Å²) < 4.78 is 0. The zero-order valence-electron chi connectivity index (χ0n) is 20.5. The van der Waals surface area contributed by atoms with Crippen LogP contribution in [0, 0.1) is 17.2 Å². The van der Waals surface area contributed by atoms with E-state index in [0.29, 0.717) is 5.92 Å². The van der Waals surface area contributed by atoms with Gasteiger partial charge in [-0.3, -0.25) is 0 Å². The highest BCUT2D eigenvalue weighted by Gasteiger charge is 2.25. The minimum Gasteiger partial charge on any atom is -0.192 e. The second-order valence-corrected chi connectivity index (χ2v) is 9.98. The second-order valence-electron chi connectivity index (χ2n) is 9.98. The van der Waals surface area contributed by atoms with E-state index in [1.165, 1.54) is 99.3 Å². The zero-order chi connectivity index (χ0) is 22.6. The fourth-order valence-electron chi connectivity index (χ4n) is 5.56. The first-order valence-corrected chi connectivity index (χ1v) is 13.3. The maximum absolute atomic E-state index is 9.82. The van der Waals surface area contributed by atoms with Gasteiger partial charge in [-0.15, -0.1) is 0 Å². The highest BCUT2D eigenvalue weighted by atomic mass is 14.3. The Morgan fingerprint density at radius 2 is 1.41 bits per heavy atom. The lowest BCUT2D eigenvalue weighted by atomic mass is 9.74. The molecule has 1 aliphatic carbocycles. The third kappa shape index (κ3) is 7.23. The summed E-state index contributed by atoms with van der Waals surface area (Å²) in [7, 11) is 0. The molecular weight excluding hydrogens is 386 g/mol. The molecule has 172 valence electrons. The molecule has 0 amide bonds. The van der Waals surface area contributed by atoms with Crippen molar-refractivity contribution in [2.45, 2.75) is 110 Å². The molecule has 0 atom stereocenters. The first-order valence-electron chi connectivity index (χ1n) is 13.3. The van der Waals surface area contributed by atoms with Gasteiger partial charge >= 0.3 is 0 Å².